The summed E-state index contributed by atoms with van der Waals surface area (Å²) >= 11 is 0. The number of halogens is 1. The van der Waals surface area contributed by atoms with Crippen LogP contribution in [0.3, 0.4) is 0 Å². The summed E-state index contributed by atoms with van der Waals surface area (Å²) in [4.78, 5) is 27.0. The highest BCUT2D eigenvalue weighted by molar-refractivity contribution is 6.46. The molecule has 1 unspecified atom stereocenters. The van der Waals surface area contributed by atoms with E-state index in [1.54, 1.807) is 24.3 Å². The molecule has 158 valence electrons. The van der Waals surface area contributed by atoms with E-state index in [2.05, 4.69) is 0 Å². The predicted molar refractivity (Wildman–Crippen MR) is 107 cm³/mol. The lowest BCUT2D eigenvalue weighted by atomic mass is 9.95. The summed E-state index contributed by atoms with van der Waals surface area (Å²) in [5.41, 5.74) is 0.380. The number of amides is 1. The molecule has 1 atom stereocenters. The number of aliphatic hydroxyl groups is 1. The van der Waals surface area contributed by atoms with E-state index in [-0.39, 0.29) is 30.0 Å². The van der Waals surface area contributed by atoms with Crippen molar-refractivity contribution in [3.63, 3.8) is 0 Å². The number of benzene rings is 2. The van der Waals surface area contributed by atoms with E-state index in [4.69, 9.17) is 14.2 Å². The van der Waals surface area contributed by atoms with Crippen molar-refractivity contribution >= 4 is 17.4 Å². The lowest BCUT2D eigenvalue weighted by molar-refractivity contribution is -0.140. The number of carbonyl (C=O) groups is 2. The highest BCUT2D eigenvalue weighted by Gasteiger charge is 2.46. The molecule has 0 radical (unpaired) electrons. The Bertz CT molecular complexity index is 1000. The van der Waals surface area contributed by atoms with Gasteiger partial charge in [-0.05, 0) is 35.9 Å². The SMILES string of the molecule is COCCN1C(=O)C(=O)/C(=C(/O)c2cc(F)ccc2OC)C1c1cccc(OC)c1. The third-order valence-electron chi connectivity index (χ3n) is 4.90. The standard InChI is InChI=1S/C22H22FNO6/c1-28-10-9-24-19(13-5-4-6-15(11-13)29-2)18(21(26)22(24)27)20(25)16-12-14(23)7-8-17(16)30-3/h4-8,11-12,19,25H,9-10H2,1-3H3/b20-18+. The molecule has 0 spiro atoms. The Labute approximate surface area is 173 Å². The molecule has 1 saturated heterocycles. The molecule has 3 rings (SSSR count). The van der Waals surface area contributed by atoms with Crippen molar-refractivity contribution < 1.29 is 33.3 Å². The molecule has 1 N–H and O–H groups in total. The lowest BCUT2D eigenvalue weighted by Gasteiger charge is -2.25. The van der Waals surface area contributed by atoms with Gasteiger partial charge in [-0.2, -0.15) is 0 Å². The van der Waals surface area contributed by atoms with Crippen LogP contribution in [0.5, 0.6) is 11.5 Å². The second-order valence-electron chi connectivity index (χ2n) is 6.61. The normalized spacial score (nSPS) is 18.0. The molecule has 2 aromatic carbocycles. The molecule has 1 amide bonds. The first-order valence-corrected chi connectivity index (χ1v) is 9.18. The van der Waals surface area contributed by atoms with Gasteiger partial charge in [0.25, 0.3) is 11.7 Å². The molecule has 0 bridgehead atoms. The first-order valence-electron chi connectivity index (χ1n) is 9.18. The molecule has 7 nitrogen and oxygen atoms in total. The Morgan fingerprint density at radius 1 is 1.10 bits per heavy atom. The zero-order chi connectivity index (χ0) is 21.8. The van der Waals surface area contributed by atoms with Crippen molar-refractivity contribution in [2.75, 3.05) is 34.5 Å². The molecule has 30 heavy (non-hydrogen) atoms. The van der Waals surface area contributed by atoms with Crippen LogP contribution in [0.4, 0.5) is 4.39 Å². The minimum absolute atomic E-state index is 0.0184. The molecule has 0 saturated carbocycles. The Morgan fingerprint density at radius 2 is 1.87 bits per heavy atom. The zero-order valence-corrected chi connectivity index (χ0v) is 16.8. The number of carbonyl (C=O) groups excluding carboxylic acids is 2. The number of Topliss-reactive ketones (excluding diaryl/α,β-unsaturated/α-hetero) is 1. The molecule has 0 aliphatic carbocycles. The number of hydrogen-bond donors (Lipinski definition) is 1. The van der Waals surface area contributed by atoms with Gasteiger partial charge >= 0.3 is 0 Å². The number of ketones is 1. The minimum Gasteiger partial charge on any atom is -0.507 e. The van der Waals surface area contributed by atoms with Crippen LogP contribution >= 0.6 is 0 Å². The van der Waals surface area contributed by atoms with Crippen LogP contribution in [0.15, 0.2) is 48.0 Å². The van der Waals surface area contributed by atoms with E-state index in [1.165, 1.54) is 38.4 Å². The highest BCUT2D eigenvalue weighted by atomic mass is 19.1. The summed E-state index contributed by atoms with van der Waals surface area (Å²) in [5, 5.41) is 11.0. The van der Waals surface area contributed by atoms with Crippen molar-refractivity contribution in [2.45, 2.75) is 6.04 Å². The summed E-state index contributed by atoms with van der Waals surface area (Å²) in [7, 11) is 4.34. The van der Waals surface area contributed by atoms with Crippen LogP contribution in [-0.4, -0.2) is 56.2 Å². The van der Waals surface area contributed by atoms with E-state index >= 15 is 0 Å². The molecule has 1 aliphatic rings. The lowest BCUT2D eigenvalue weighted by Crippen LogP contribution is -2.32. The van der Waals surface area contributed by atoms with E-state index in [0.29, 0.717) is 11.3 Å². The first kappa shape index (κ1) is 21.3. The fraction of sp³-hybridized carbons (Fsp3) is 0.273. The van der Waals surface area contributed by atoms with Crippen LogP contribution in [0, 0.1) is 5.82 Å². The molecule has 8 heteroatoms. The third-order valence-corrected chi connectivity index (χ3v) is 4.90. The van der Waals surface area contributed by atoms with Gasteiger partial charge in [0.05, 0.1) is 38.0 Å². The van der Waals surface area contributed by atoms with Crippen molar-refractivity contribution in [3.05, 3.63) is 65.0 Å². The van der Waals surface area contributed by atoms with Crippen molar-refractivity contribution in [2.24, 2.45) is 0 Å². The Balaban J connectivity index is 2.23. The fourth-order valence-corrected chi connectivity index (χ4v) is 3.47. The van der Waals surface area contributed by atoms with Crippen molar-refractivity contribution in [1.82, 2.24) is 4.90 Å². The maximum atomic E-state index is 13.9. The summed E-state index contributed by atoms with van der Waals surface area (Å²) < 4.78 is 29.4. The molecule has 1 fully saturated rings. The highest BCUT2D eigenvalue weighted by Crippen LogP contribution is 2.41. The molecule has 0 aromatic heterocycles. The third kappa shape index (κ3) is 3.86. The van der Waals surface area contributed by atoms with Crippen molar-refractivity contribution in [1.29, 1.82) is 0 Å². The molecular formula is C22H22FNO6. The van der Waals surface area contributed by atoms with Crippen molar-refractivity contribution in [3.8, 4) is 11.5 Å². The predicted octanol–water partition coefficient (Wildman–Crippen LogP) is 2.91. The Hall–Kier alpha value is -3.39. The number of aliphatic hydroxyl groups excluding tert-OH is 1. The van der Waals surface area contributed by atoms with E-state index in [9.17, 15) is 19.1 Å². The number of likely N-dealkylation sites (tertiary alicyclic amines) is 1. The molecule has 1 aliphatic heterocycles. The number of methoxy groups -OCH3 is 3. The van der Waals surface area contributed by atoms with Gasteiger partial charge in [0, 0.05) is 13.7 Å². The van der Waals surface area contributed by atoms with Gasteiger partial charge in [0.15, 0.2) is 0 Å². The molecule has 1 heterocycles. The number of hydrogen-bond acceptors (Lipinski definition) is 6. The van der Waals surface area contributed by atoms with Gasteiger partial charge in [-0.1, -0.05) is 12.1 Å². The average molecular weight is 415 g/mol. The van der Waals surface area contributed by atoms with E-state index in [1.807, 2.05) is 0 Å². The maximum absolute atomic E-state index is 13.9. The van der Waals surface area contributed by atoms with E-state index in [0.717, 1.165) is 6.07 Å². The van der Waals surface area contributed by atoms with Crippen LogP contribution in [0.2, 0.25) is 0 Å². The molecular weight excluding hydrogens is 393 g/mol. The second kappa shape index (κ2) is 8.96. The Kier molecular flexibility index (Phi) is 6.37. The summed E-state index contributed by atoms with van der Waals surface area (Å²) in [6, 6.07) is 9.50. The smallest absolute Gasteiger partial charge is 0.295 e. The van der Waals surface area contributed by atoms with Crippen LogP contribution < -0.4 is 9.47 Å². The van der Waals surface area contributed by atoms with Gasteiger partial charge in [-0.3, -0.25) is 9.59 Å². The van der Waals surface area contributed by atoms with Gasteiger partial charge in [-0.15, -0.1) is 0 Å². The van der Waals surface area contributed by atoms with Crippen LogP contribution in [0.25, 0.3) is 5.76 Å². The molecule has 2 aromatic rings. The van der Waals surface area contributed by atoms with E-state index < -0.39 is 29.3 Å². The topological polar surface area (TPSA) is 85.3 Å². The quantitative estimate of drug-likeness (QED) is 0.425. The number of nitrogens with zero attached hydrogens (tertiary/aromatic N) is 1. The van der Waals surface area contributed by atoms with Gasteiger partial charge in [0.1, 0.15) is 23.1 Å². The largest absolute Gasteiger partial charge is 0.507 e. The number of rotatable bonds is 7. The minimum atomic E-state index is -0.900. The summed E-state index contributed by atoms with van der Waals surface area (Å²) in [5.74, 6) is -2.10. The summed E-state index contributed by atoms with van der Waals surface area (Å²) in [6.45, 7) is 0.316. The fourth-order valence-electron chi connectivity index (χ4n) is 3.47. The number of ether oxygens (including phenoxy) is 3. The monoisotopic (exact) mass is 415 g/mol. The zero-order valence-electron chi connectivity index (χ0n) is 16.8. The van der Waals surface area contributed by atoms with Crippen LogP contribution in [-0.2, 0) is 14.3 Å². The van der Waals surface area contributed by atoms with Gasteiger partial charge in [-0.25, -0.2) is 4.39 Å². The second-order valence-corrected chi connectivity index (χ2v) is 6.61. The van der Waals surface area contributed by atoms with Gasteiger partial charge < -0.3 is 24.2 Å². The van der Waals surface area contributed by atoms with Crippen LogP contribution in [0.1, 0.15) is 17.2 Å². The van der Waals surface area contributed by atoms with Gasteiger partial charge in [0.2, 0.25) is 0 Å². The maximum Gasteiger partial charge on any atom is 0.295 e. The first-order chi connectivity index (χ1) is 14.4. The average Bonchev–Trinajstić information content (AvgIpc) is 3.01. The Morgan fingerprint density at radius 3 is 2.53 bits per heavy atom. The summed E-state index contributed by atoms with van der Waals surface area (Å²) in [6.07, 6.45) is 0.